The van der Waals surface area contributed by atoms with E-state index >= 15 is 0 Å². The van der Waals surface area contributed by atoms with Crippen LogP contribution in [0.15, 0.2) is 42.5 Å². The summed E-state index contributed by atoms with van der Waals surface area (Å²) in [5, 5.41) is -0.116. The minimum Gasteiger partial charge on any atom is -0.484 e. The highest BCUT2D eigenvalue weighted by Crippen LogP contribution is 2.36. The van der Waals surface area contributed by atoms with Gasteiger partial charge < -0.3 is 4.74 Å². The van der Waals surface area contributed by atoms with Crippen molar-refractivity contribution in [3.63, 3.8) is 0 Å². The molecule has 2 nitrogen and oxygen atoms in total. The molecule has 0 aliphatic heterocycles. The van der Waals surface area contributed by atoms with Gasteiger partial charge in [0.25, 0.3) is 0 Å². The molecule has 23 heavy (non-hydrogen) atoms. The summed E-state index contributed by atoms with van der Waals surface area (Å²) in [6.45, 7) is 3.19. The van der Waals surface area contributed by atoms with Gasteiger partial charge in [-0.3, -0.25) is 4.79 Å². The molecule has 0 aliphatic rings. The van der Waals surface area contributed by atoms with E-state index in [2.05, 4.69) is 0 Å². The van der Waals surface area contributed by atoms with Crippen LogP contribution < -0.4 is 4.74 Å². The number of hydrogen-bond acceptors (Lipinski definition) is 2. The lowest BCUT2D eigenvalue weighted by atomic mass is 10.0. The second kappa shape index (κ2) is 6.62. The summed E-state index contributed by atoms with van der Waals surface area (Å²) in [4.78, 5) is 11.4. The summed E-state index contributed by atoms with van der Waals surface area (Å²) in [6.07, 6.45) is -4.92. The Hall–Kier alpha value is -2.01. The van der Waals surface area contributed by atoms with Gasteiger partial charge in [-0.05, 0) is 43.7 Å². The van der Waals surface area contributed by atoms with Crippen molar-refractivity contribution >= 4 is 17.4 Å². The molecule has 1 atom stereocenters. The summed E-state index contributed by atoms with van der Waals surface area (Å²) in [7, 11) is 0. The Kier molecular flexibility index (Phi) is 5.00. The predicted molar refractivity (Wildman–Crippen MR) is 81.9 cm³/mol. The van der Waals surface area contributed by atoms with E-state index in [4.69, 9.17) is 16.3 Å². The largest absolute Gasteiger partial charge is 0.484 e. The van der Waals surface area contributed by atoms with E-state index in [0.717, 1.165) is 17.7 Å². The number of ether oxygens (including phenoxy) is 1. The number of hydrogen-bond donors (Lipinski definition) is 0. The molecule has 0 bridgehead atoms. The number of ketones is 1. The number of benzene rings is 2. The van der Waals surface area contributed by atoms with Gasteiger partial charge in [0.2, 0.25) is 0 Å². The van der Waals surface area contributed by atoms with Crippen LogP contribution in [0.4, 0.5) is 13.2 Å². The molecule has 122 valence electrons. The van der Waals surface area contributed by atoms with Gasteiger partial charge in [-0.25, -0.2) is 0 Å². The first kappa shape index (κ1) is 17.3. The van der Waals surface area contributed by atoms with Crippen LogP contribution in [0.3, 0.4) is 0 Å². The van der Waals surface area contributed by atoms with Crippen LogP contribution >= 0.6 is 11.6 Å². The zero-order valence-electron chi connectivity index (χ0n) is 12.4. The predicted octanol–water partition coefficient (Wildman–Crippen LogP) is 5.70. The van der Waals surface area contributed by atoms with Crippen LogP contribution in [0.5, 0.6) is 5.75 Å². The Morgan fingerprint density at radius 1 is 1.17 bits per heavy atom. The van der Waals surface area contributed by atoms with Crippen molar-refractivity contribution in [3.05, 3.63) is 64.2 Å². The molecule has 0 aliphatic carbocycles. The summed E-state index contributed by atoms with van der Waals surface area (Å²) >= 11 is 5.87. The molecular weight excluding hydrogens is 329 g/mol. The molecule has 0 amide bonds. The minimum atomic E-state index is -4.45. The Bertz CT molecular complexity index is 726. The molecule has 2 rings (SSSR count). The normalized spacial score (nSPS) is 12.8. The van der Waals surface area contributed by atoms with Crippen LogP contribution in [0.1, 0.15) is 41.4 Å². The number of Topliss-reactive ketones (excluding diaryl/α,β-unsaturated/α-hetero) is 1. The topological polar surface area (TPSA) is 26.3 Å². The van der Waals surface area contributed by atoms with Gasteiger partial charge in [0, 0.05) is 5.56 Å². The van der Waals surface area contributed by atoms with Crippen LogP contribution in [0.2, 0.25) is 5.02 Å². The molecule has 0 fully saturated rings. The molecule has 1 unspecified atom stereocenters. The van der Waals surface area contributed by atoms with Crippen LogP contribution in [-0.4, -0.2) is 5.78 Å². The Labute approximate surface area is 136 Å². The molecule has 0 saturated carbocycles. The van der Waals surface area contributed by atoms with Gasteiger partial charge in [-0.2, -0.15) is 13.2 Å². The lowest BCUT2D eigenvalue weighted by molar-refractivity contribution is -0.137. The van der Waals surface area contributed by atoms with Crippen LogP contribution in [-0.2, 0) is 6.18 Å². The van der Waals surface area contributed by atoms with Crippen molar-refractivity contribution in [1.82, 2.24) is 0 Å². The zero-order valence-corrected chi connectivity index (χ0v) is 13.2. The Morgan fingerprint density at radius 2 is 1.87 bits per heavy atom. The van der Waals surface area contributed by atoms with Crippen molar-refractivity contribution in [2.75, 3.05) is 0 Å². The number of carbonyl (C=O) groups is 1. The standard InChI is InChI=1S/C17H14ClF3O2/c1-10(22)12-4-3-5-13(8-12)11(2)23-16-7-6-14(9-15(16)18)17(19,20)21/h3-9,11H,1-2H3. The van der Waals surface area contributed by atoms with E-state index in [0.29, 0.717) is 5.56 Å². The second-order valence-corrected chi connectivity index (χ2v) is 5.49. The van der Waals surface area contributed by atoms with Gasteiger partial charge in [0.15, 0.2) is 5.78 Å². The number of rotatable bonds is 4. The fourth-order valence-corrected chi connectivity index (χ4v) is 2.27. The molecular formula is C17H14ClF3O2. The molecule has 0 radical (unpaired) electrons. The highest BCUT2D eigenvalue weighted by molar-refractivity contribution is 6.32. The molecule has 0 heterocycles. The molecule has 2 aromatic carbocycles. The first-order valence-electron chi connectivity index (χ1n) is 6.83. The Balaban J connectivity index is 2.22. The third-order valence-corrected chi connectivity index (χ3v) is 3.62. The molecule has 0 saturated heterocycles. The summed E-state index contributed by atoms with van der Waals surface area (Å²) in [5.74, 6) is 0.0759. The first-order chi connectivity index (χ1) is 10.7. The average Bonchev–Trinajstić information content (AvgIpc) is 2.48. The van der Waals surface area contributed by atoms with E-state index in [-0.39, 0.29) is 16.6 Å². The third kappa shape index (κ3) is 4.26. The van der Waals surface area contributed by atoms with Crippen LogP contribution in [0.25, 0.3) is 0 Å². The highest BCUT2D eigenvalue weighted by Gasteiger charge is 2.31. The van der Waals surface area contributed by atoms with E-state index < -0.39 is 17.8 Å². The Morgan fingerprint density at radius 3 is 2.43 bits per heavy atom. The maximum absolute atomic E-state index is 12.6. The molecule has 2 aromatic rings. The van der Waals surface area contributed by atoms with Crippen molar-refractivity contribution in [2.45, 2.75) is 26.1 Å². The van der Waals surface area contributed by atoms with E-state index in [9.17, 15) is 18.0 Å². The minimum absolute atomic E-state index is 0.0772. The average molecular weight is 343 g/mol. The van der Waals surface area contributed by atoms with E-state index in [1.54, 1.807) is 31.2 Å². The van der Waals surface area contributed by atoms with Crippen molar-refractivity contribution in [2.24, 2.45) is 0 Å². The smallest absolute Gasteiger partial charge is 0.416 e. The zero-order chi connectivity index (χ0) is 17.2. The van der Waals surface area contributed by atoms with Gasteiger partial charge in [-0.15, -0.1) is 0 Å². The second-order valence-electron chi connectivity index (χ2n) is 5.08. The highest BCUT2D eigenvalue weighted by atomic mass is 35.5. The SMILES string of the molecule is CC(=O)c1cccc(C(C)Oc2ccc(C(F)(F)F)cc2Cl)c1. The van der Waals surface area contributed by atoms with Gasteiger partial charge in [0.1, 0.15) is 11.9 Å². The maximum Gasteiger partial charge on any atom is 0.416 e. The molecule has 0 N–H and O–H groups in total. The van der Waals surface area contributed by atoms with Crippen LogP contribution in [0, 0.1) is 0 Å². The van der Waals surface area contributed by atoms with Gasteiger partial charge in [-0.1, -0.05) is 29.8 Å². The van der Waals surface area contributed by atoms with Crippen molar-refractivity contribution < 1.29 is 22.7 Å². The number of halogens is 4. The maximum atomic E-state index is 12.6. The van der Waals surface area contributed by atoms with Crippen molar-refractivity contribution in [1.29, 1.82) is 0 Å². The van der Waals surface area contributed by atoms with Gasteiger partial charge in [0.05, 0.1) is 10.6 Å². The fourth-order valence-electron chi connectivity index (χ4n) is 2.04. The third-order valence-electron chi connectivity index (χ3n) is 3.33. The van der Waals surface area contributed by atoms with Crippen molar-refractivity contribution in [3.8, 4) is 5.75 Å². The number of carbonyl (C=O) groups excluding carboxylic acids is 1. The lowest BCUT2D eigenvalue weighted by Crippen LogP contribution is -2.07. The summed E-state index contributed by atoms with van der Waals surface area (Å²) in [5.41, 5.74) is 0.436. The quantitative estimate of drug-likeness (QED) is 0.666. The lowest BCUT2D eigenvalue weighted by Gasteiger charge is -2.17. The van der Waals surface area contributed by atoms with Gasteiger partial charge >= 0.3 is 6.18 Å². The first-order valence-corrected chi connectivity index (χ1v) is 7.20. The van der Waals surface area contributed by atoms with E-state index in [1.165, 1.54) is 13.0 Å². The molecule has 0 aromatic heterocycles. The molecule has 0 spiro atoms. The summed E-state index contributed by atoms with van der Waals surface area (Å²) < 4.78 is 43.5. The molecule has 6 heteroatoms. The monoisotopic (exact) mass is 342 g/mol. The van der Waals surface area contributed by atoms with E-state index in [1.807, 2.05) is 0 Å². The summed E-state index contributed by atoms with van der Waals surface area (Å²) in [6, 6.07) is 9.80. The number of alkyl halides is 3. The fraction of sp³-hybridized carbons (Fsp3) is 0.235.